The van der Waals surface area contributed by atoms with Gasteiger partial charge in [0, 0.05) is 29.7 Å². The second-order valence-electron chi connectivity index (χ2n) is 7.20. The normalized spacial score (nSPS) is 23.8. The molecule has 2 aliphatic rings. The molecule has 0 spiro atoms. The molecule has 1 aromatic heterocycles. The van der Waals surface area contributed by atoms with Crippen molar-refractivity contribution in [3.8, 4) is 0 Å². The van der Waals surface area contributed by atoms with E-state index in [-0.39, 0.29) is 11.8 Å². The summed E-state index contributed by atoms with van der Waals surface area (Å²) in [6, 6.07) is 7.99. The molecule has 1 saturated heterocycles. The van der Waals surface area contributed by atoms with Gasteiger partial charge in [-0.15, -0.1) is 0 Å². The van der Waals surface area contributed by atoms with Crippen molar-refractivity contribution >= 4 is 22.8 Å². The molecule has 0 unspecified atom stereocenters. The van der Waals surface area contributed by atoms with Crippen LogP contribution in [0.15, 0.2) is 24.3 Å². The topological polar surface area (TPSA) is 73.4 Å². The number of benzene rings is 1. The molecule has 2 heterocycles. The SMILES string of the molecule is Cc1[nH]c2ccccc2c1CC(=O)N1C[C@H](C(=O)O)[C@@H](C2CC2)C1. The van der Waals surface area contributed by atoms with Gasteiger partial charge < -0.3 is 15.0 Å². The van der Waals surface area contributed by atoms with Crippen LogP contribution in [0, 0.1) is 24.7 Å². The second-order valence-corrected chi connectivity index (χ2v) is 7.20. The van der Waals surface area contributed by atoms with E-state index >= 15 is 0 Å². The van der Waals surface area contributed by atoms with Crippen LogP contribution in [-0.2, 0) is 16.0 Å². The summed E-state index contributed by atoms with van der Waals surface area (Å²) in [7, 11) is 0. The second kappa shape index (κ2) is 5.65. The Labute approximate surface area is 140 Å². The van der Waals surface area contributed by atoms with Gasteiger partial charge in [-0.3, -0.25) is 9.59 Å². The van der Waals surface area contributed by atoms with Gasteiger partial charge in [0.15, 0.2) is 0 Å². The van der Waals surface area contributed by atoms with Crippen LogP contribution >= 0.6 is 0 Å². The van der Waals surface area contributed by atoms with Crippen molar-refractivity contribution in [2.24, 2.45) is 17.8 Å². The third kappa shape index (κ3) is 2.58. The van der Waals surface area contributed by atoms with Gasteiger partial charge in [-0.1, -0.05) is 18.2 Å². The summed E-state index contributed by atoms with van der Waals surface area (Å²) >= 11 is 0. The lowest BCUT2D eigenvalue weighted by Crippen LogP contribution is -2.31. The standard InChI is InChI=1S/C19H22N2O3/c1-11-14(13-4-2-3-5-17(13)20-11)8-18(22)21-9-15(12-6-7-12)16(10-21)19(23)24/h2-5,12,15-16,20H,6-10H2,1H3,(H,23,24)/t15-,16+/m1/s1. The zero-order valence-electron chi connectivity index (χ0n) is 13.8. The number of fused-ring (bicyclic) bond motifs is 1. The lowest BCUT2D eigenvalue weighted by molar-refractivity contribution is -0.142. The minimum absolute atomic E-state index is 0.0391. The van der Waals surface area contributed by atoms with Crippen molar-refractivity contribution in [2.45, 2.75) is 26.2 Å². The Bertz CT molecular complexity index is 806. The number of nitrogens with one attached hydrogen (secondary N) is 1. The molecule has 1 saturated carbocycles. The molecule has 1 aliphatic heterocycles. The van der Waals surface area contributed by atoms with Gasteiger partial charge >= 0.3 is 5.97 Å². The van der Waals surface area contributed by atoms with Crippen LogP contribution < -0.4 is 0 Å². The lowest BCUT2D eigenvalue weighted by atomic mass is 9.92. The molecule has 2 atom stereocenters. The number of rotatable bonds is 4. The fourth-order valence-electron chi connectivity index (χ4n) is 4.12. The minimum atomic E-state index is -0.759. The number of aromatic amines is 1. The summed E-state index contributed by atoms with van der Waals surface area (Å²) in [6.45, 7) is 2.94. The Balaban J connectivity index is 1.54. The predicted molar refractivity (Wildman–Crippen MR) is 90.7 cm³/mol. The van der Waals surface area contributed by atoms with E-state index in [9.17, 15) is 14.7 Å². The first-order valence-electron chi connectivity index (χ1n) is 8.61. The van der Waals surface area contributed by atoms with Crippen LogP contribution in [0.1, 0.15) is 24.1 Å². The number of carbonyl (C=O) groups is 2. The van der Waals surface area contributed by atoms with Crippen LogP contribution in [0.4, 0.5) is 0 Å². The molecule has 5 heteroatoms. The maximum Gasteiger partial charge on any atom is 0.308 e. The number of nitrogens with zero attached hydrogens (tertiary/aromatic N) is 1. The van der Waals surface area contributed by atoms with E-state index in [4.69, 9.17) is 0 Å². The van der Waals surface area contributed by atoms with Crippen molar-refractivity contribution < 1.29 is 14.7 Å². The maximum atomic E-state index is 12.8. The van der Waals surface area contributed by atoms with E-state index < -0.39 is 11.9 Å². The molecule has 4 rings (SSSR count). The van der Waals surface area contributed by atoms with E-state index in [2.05, 4.69) is 4.98 Å². The lowest BCUT2D eigenvalue weighted by Gasteiger charge is -2.16. The van der Waals surface area contributed by atoms with Crippen molar-refractivity contribution in [1.82, 2.24) is 9.88 Å². The van der Waals surface area contributed by atoms with E-state index in [0.29, 0.717) is 25.4 Å². The highest BCUT2D eigenvalue weighted by molar-refractivity contribution is 5.90. The predicted octanol–water partition coefficient (Wildman–Crippen LogP) is 2.59. The Morgan fingerprint density at radius 3 is 2.71 bits per heavy atom. The summed E-state index contributed by atoms with van der Waals surface area (Å²) < 4.78 is 0. The number of likely N-dealkylation sites (tertiary alicyclic amines) is 1. The van der Waals surface area contributed by atoms with Gasteiger partial charge in [-0.05, 0) is 43.2 Å². The third-order valence-corrected chi connectivity index (χ3v) is 5.62. The average Bonchev–Trinajstić information content (AvgIpc) is 3.22. The first-order valence-corrected chi connectivity index (χ1v) is 8.61. The van der Waals surface area contributed by atoms with Gasteiger partial charge in [0.25, 0.3) is 0 Å². The number of para-hydroxylation sites is 1. The van der Waals surface area contributed by atoms with Crippen molar-refractivity contribution in [3.05, 3.63) is 35.5 Å². The summed E-state index contributed by atoms with van der Waals surface area (Å²) in [5.74, 6) is -0.484. The molecule has 5 nitrogen and oxygen atoms in total. The Hall–Kier alpha value is -2.30. The van der Waals surface area contributed by atoms with Crippen LogP contribution in [0.2, 0.25) is 0 Å². The van der Waals surface area contributed by atoms with E-state index in [0.717, 1.165) is 35.0 Å². The Morgan fingerprint density at radius 2 is 2.00 bits per heavy atom. The number of hydrogen-bond acceptors (Lipinski definition) is 2. The molecule has 1 aliphatic carbocycles. The van der Waals surface area contributed by atoms with Gasteiger partial charge in [0.1, 0.15) is 0 Å². The number of carboxylic acid groups (broad SMARTS) is 1. The van der Waals surface area contributed by atoms with E-state index in [1.165, 1.54) is 0 Å². The van der Waals surface area contributed by atoms with Crippen molar-refractivity contribution in [3.63, 3.8) is 0 Å². The van der Waals surface area contributed by atoms with E-state index in [1.807, 2.05) is 31.2 Å². The van der Waals surface area contributed by atoms with Crippen molar-refractivity contribution in [2.75, 3.05) is 13.1 Å². The third-order valence-electron chi connectivity index (χ3n) is 5.62. The van der Waals surface area contributed by atoms with E-state index in [1.54, 1.807) is 4.90 Å². The van der Waals surface area contributed by atoms with Gasteiger partial charge in [-0.25, -0.2) is 0 Å². The molecular formula is C19H22N2O3. The van der Waals surface area contributed by atoms with Gasteiger partial charge in [0.05, 0.1) is 12.3 Å². The molecular weight excluding hydrogens is 304 g/mol. The molecule has 1 amide bonds. The fourth-order valence-corrected chi connectivity index (χ4v) is 4.12. The van der Waals surface area contributed by atoms with Crippen LogP contribution in [0.25, 0.3) is 10.9 Å². The molecule has 2 fully saturated rings. The number of carboxylic acids is 1. The zero-order chi connectivity index (χ0) is 16.8. The van der Waals surface area contributed by atoms with Gasteiger partial charge in [-0.2, -0.15) is 0 Å². The monoisotopic (exact) mass is 326 g/mol. The number of carbonyl (C=O) groups excluding carboxylic acids is 1. The highest BCUT2D eigenvalue weighted by Crippen LogP contribution is 2.44. The van der Waals surface area contributed by atoms with Crippen LogP contribution in [-0.4, -0.2) is 40.0 Å². The largest absolute Gasteiger partial charge is 0.481 e. The minimum Gasteiger partial charge on any atom is -0.481 e. The average molecular weight is 326 g/mol. The highest BCUT2D eigenvalue weighted by Gasteiger charge is 2.46. The number of amides is 1. The molecule has 0 bridgehead atoms. The number of aryl methyl sites for hydroxylation is 1. The molecule has 2 N–H and O–H groups in total. The molecule has 2 aromatic rings. The Kier molecular flexibility index (Phi) is 3.59. The number of hydrogen-bond donors (Lipinski definition) is 2. The number of H-pyrrole nitrogens is 1. The molecule has 1 aromatic carbocycles. The summed E-state index contributed by atoms with van der Waals surface area (Å²) in [4.78, 5) is 29.4. The Morgan fingerprint density at radius 1 is 1.25 bits per heavy atom. The summed E-state index contributed by atoms with van der Waals surface area (Å²) in [6.07, 6.45) is 2.55. The number of aliphatic carboxylic acids is 1. The molecule has 0 radical (unpaired) electrons. The maximum absolute atomic E-state index is 12.8. The molecule has 126 valence electrons. The van der Waals surface area contributed by atoms with Crippen LogP contribution in [0.5, 0.6) is 0 Å². The van der Waals surface area contributed by atoms with Gasteiger partial charge in [0.2, 0.25) is 5.91 Å². The first-order chi connectivity index (χ1) is 11.5. The highest BCUT2D eigenvalue weighted by atomic mass is 16.4. The van der Waals surface area contributed by atoms with Crippen LogP contribution in [0.3, 0.4) is 0 Å². The number of aromatic nitrogens is 1. The summed E-state index contributed by atoms with van der Waals surface area (Å²) in [5, 5.41) is 10.5. The molecule has 24 heavy (non-hydrogen) atoms. The quantitative estimate of drug-likeness (QED) is 0.907. The smallest absolute Gasteiger partial charge is 0.308 e. The van der Waals surface area contributed by atoms with Crippen molar-refractivity contribution in [1.29, 1.82) is 0 Å². The zero-order valence-corrected chi connectivity index (χ0v) is 13.8. The fraction of sp³-hybridized carbons (Fsp3) is 0.474. The first kappa shape index (κ1) is 15.2. The summed E-state index contributed by atoms with van der Waals surface area (Å²) in [5.41, 5.74) is 3.08.